The second-order valence-electron chi connectivity index (χ2n) is 6.59. The van der Waals surface area contributed by atoms with E-state index in [1.54, 1.807) is 18.7 Å². The van der Waals surface area contributed by atoms with Crippen molar-refractivity contribution in [3.05, 3.63) is 53.1 Å². The first-order valence-electron chi connectivity index (χ1n) is 8.87. The molecule has 9 nitrogen and oxygen atoms in total. The lowest BCUT2D eigenvalue weighted by Crippen LogP contribution is -2.46. The van der Waals surface area contributed by atoms with Crippen LogP contribution in [0, 0.1) is 0 Å². The molecule has 136 valence electrons. The lowest BCUT2D eigenvalue weighted by molar-refractivity contribution is 0.243. The van der Waals surface area contributed by atoms with Crippen molar-refractivity contribution in [2.75, 3.05) is 31.1 Å². The van der Waals surface area contributed by atoms with E-state index in [-0.39, 0.29) is 5.56 Å². The van der Waals surface area contributed by atoms with Gasteiger partial charge in [-0.2, -0.15) is 0 Å². The Labute approximate surface area is 154 Å². The van der Waals surface area contributed by atoms with Gasteiger partial charge < -0.3 is 14.9 Å². The van der Waals surface area contributed by atoms with Gasteiger partial charge in [0.15, 0.2) is 11.5 Å². The molecule has 3 aromatic heterocycles. The third-order valence-electron chi connectivity index (χ3n) is 4.91. The Morgan fingerprint density at radius 1 is 1.04 bits per heavy atom. The molecule has 0 aliphatic carbocycles. The molecular weight excluding hydrogens is 344 g/mol. The molecule has 0 atom stereocenters. The zero-order valence-corrected chi connectivity index (χ0v) is 14.6. The van der Waals surface area contributed by atoms with E-state index in [4.69, 9.17) is 0 Å². The highest BCUT2D eigenvalue weighted by molar-refractivity contribution is 5.82. The minimum atomic E-state index is -0.0862. The van der Waals surface area contributed by atoms with Crippen LogP contribution in [-0.2, 0) is 6.54 Å². The number of rotatable bonds is 3. The van der Waals surface area contributed by atoms with Crippen molar-refractivity contribution >= 4 is 27.9 Å². The number of piperazine rings is 1. The molecule has 0 amide bonds. The van der Waals surface area contributed by atoms with Gasteiger partial charge in [0.2, 0.25) is 0 Å². The topological polar surface area (TPSA) is 107 Å². The van der Waals surface area contributed by atoms with E-state index in [1.807, 2.05) is 18.2 Å². The highest BCUT2D eigenvalue weighted by Gasteiger charge is 2.21. The van der Waals surface area contributed by atoms with Crippen LogP contribution in [0.5, 0.6) is 0 Å². The minimum Gasteiger partial charge on any atom is -0.352 e. The molecule has 1 aliphatic rings. The van der Waals surface area contributed by atoms with Crippen LogP contribution in [-0.4, -0.2) is 61.0 Å². The number of hydrogen-bond donors (Lipinski definition) is 2. The summed E-state index contributed by atoms with van der Waals surface area (Å²) in [5.41, 5.74) is 2.20. The largest absolute Gasteiger partial charge is 0.352 e. The summed E-state index contributed by atoms with van der Waals surface area (Å²) in [7, 11) is 0. The van der Waals surface area contributed by atoms with E-state index in [0.717, 1.165) is 43.0 Å². The lowest BCUT2D eigenvalue weighted by atomic mass is 10.2. The highest BCUT2D eigenvalue weighted by atomic mass is 16.1. The van der Waals surface area contributed by atoms with Gasteiger partial charge in [-0.15, -0.1) is 0 Å². The molecule has 4 heterocycles. The maximum Gasteiger partial charge on any atom is 0.258 e. The summed E-state index contributed by atoms with van der Waals surface area (Å²) in [6.45, 7) is 4.01. The van der Waals surface area contributed by atoms with Gasteiger partial charge in [-0.05, 0) is 12.1 Å². The Balaban J connectivity index is 1.31. The smallest absolute Gasteiger partial charge is 0.258 e. The second kappa shape index (κ2) is 6.44. The van der Waals surface area contributed by atoms with E-state index in [9.17, 15) is 4.79 Å². The van der Waals surface area contributed by atoms with E-state index < -0.39 is 0 Å². The number of imidazole rings is 1. The number of hydrogen-bond acceptors (Lipinski definition) is 7. The molecule has 1 fully saturated rings. The fourth-order valence-electron chi connectivity index (χ4n) is 3.53. The van der Waals surface area contributed by atoms with Crippen LogP contribution >= 0.6 is 0 Å². The van der Waals surface area contributed by atoms with Crippen molar-refractivity contribution < 1.29 is 0 Å². The van der Waals surface area contributed by atoms with Crippen molar-refractivity contribution in [2.45, 2.75) is 6.54 Å². The molecule has 0 bridgehead atoms. The molecule has 2 N–H and O–H groups in total. The van der Waals surface area contributed by atoms with Gasteiger partial charge in [0.1, 0.15) is 17.7 Å². The first-order chi connectivity index (χ1) is 13.3. The first kappa shape index (κ1) is 15.9. The van der Waals surface area contributed by atoms with Crippen LogP contribution in [0.3, 0.4) is 0 Å². The number of anilines is 1. The maximum atomic E-state index is 12.2. The molecule has 4 aromatic rings. The molecule has 1 aliphatic heterocycles. The fourth-order valence-corrected chi connectivity index (χ4v) is 3.53. The summed E-state index contributed by atoms with van der Waals surface area (Å²) in [4.78, 5) is 40.2. The SMILES string of the molecule is O=c1[nH]c(CN2CCN(c3ncnc4nc[nH]c34)CC2)nc2ccccc12. The molecule has 9 heteroatoms. The summed E-state index contributed by atoms with van der Waals surface area (Å²) in [6, 6.07) is 7.41. The Bertz CT molecular complexity index is 1160. The van der Waals surface area contributed by atoms with Gasteiger partial charge in [0.05, 0.1) is 23.8 Å². The summed E-state index contributed by atoms with van der Waals surface area (Å²) >= 11 is 0. The Hall–Kier alpha value is -3.33. The van der Waals surface area contributed by atoms with E-state index in [2.05, 4.69) is 39.7 Å². The van der Waals surface area contributed by atoms with Crippen molar-refractivity contribution in [1.29, 1.82) is 0 Å². The molecular formula is C18H18N8O. The zero-order chi connectivity index (χ0) is 18.2. The Morgan fingerprint density at radius 3 is 2.78 bits per heavy atom. The average Bonchev–Trinajstić information content (AvgIpc) is 3.18. The van der Waals surface area contributed by atoms with Crippen LogP contribution in [0.4, 0.5) is 5.82 Å². The van der Waals surface area contributed by atoms with Crippen molar-refractivity contribution in [3.8, 4) is 0 Å². The molecule has 0 radical (unpaired) electrons. The number of para-hydroxylation sites is 1. The zero-order valence-electron chi connectivity index (χ0n) is 14.6. The quantitative estimate of drug-likeness (QED) is 0.558. The van der Waals surface area contributed by atoms with Gasteiger partial charge in [0, 0.05) is 26.2 Å². The molecule has 1 aromatic carbocycles. The Morgan fingerprint density at radius 2 is 1.89 bits per heavy atom. The van der Waals surface area contributed by atoms with Gasteiger partial charge in [-0.1, -0.05) is 12.1 Å². The molecule has 27 heavy (non-hydrogen) atoms. The summed E-state index contributed by atoms with van der Waals surface area (Å²) in [5.74, 6) is 1.58. The van der Waals surface area contributed by atoms with Gasteiger partial charge in [-0.3, -0.25) is 9.69 Å². The molecule has 0 spiro atoms. The highest BCUT2D eigenvalue weighted by Crippen LogP contribution is 2.21. The van der Waals surface area contributed by atoms with Crippen LogP contribution in [0.2, 0.25) is 0 Å². The van der Waals surface area contributed by atoms with E-state index >= 15 is 0 Å². The van der Waals surface area contributed by atoms with E-state index in [0.29, 0.717) is 23.4 Å². The predicted octanol–water partition coefficient (Wildman–Crippen LogP) is 0.912. The molecule has 5 rings (SSSR count). The lowest BCUT2D eigenvalue weighted by Gasteiger charge is -2.35. The van der Waals surface area contributed by atoms with Crippen molar-refractivity contribution in [1.82, 2.24) is 34.8 Å². The first-order valence-corrected chi connectivity index (χ1v) is 8.87. The number of nitrogens with one attached hydrogen (secondary N) is 2. The number of fused-ring (bicyclic) bond motifs is 2. The monoisotopic (exact) mass is 362 g/mol. The third-order valence-corrected chi connectivity index (χ3v) is 4.91. The third kappa shape index (κ3) is 2.91. The normalized spacial score (nSPS) is 15.6. The van der Waals surface area contributed by atoms with Gasteiger partial charge in [-0.25, -0.2) is 19.9 Å². The molecule has 0 saturated carbocycles. The summed E-state index contributed by atoms with van der Waals surface area (Å²) in [6.07, 6.45) is 3.19. The Kier molecular flexibility index (Phi) is 3.79. The van der Waals surface area contributed by atoms with Crippen LogP contribution in [0.1, 0.15) is 5.82 Å². The molecule has 1 saturated heterocycles. The van der Waals surface area contributed by atoms with Crippen molar-refractivity contribution in [2.24, 2.45) is 0 Å². The second-order valence-corrected chi connectivity index (χ2v) is 6.59. The summed E-state index contributed by atoms with van der Waals surface area (Å²) < 4.78 is 0. The van der Waals surface area contributed by atoms with Crippen molar-refractivity contribution in [3.63, 3.8) is 0 Å². The van der Waals surface area contributed by atoms with Crippen LogP contribution in [0.25, 0.3) is 22.1 Å². The standard InChI is InChI=1S/C18H18N8O/c27-18-12-3-1-2-4-13(12)23-14(24-18)9-25-5-7-26(8-6-25)17-15-16(20-10-19-15)21-11-22-17/h1-4,10-11H,5-9H2,(H,23,24,27)(H,19,20,21,22). The number of benzene rings is 1. The fraction of sp³-hybridized carbons (Fsp3) is 0.278. The number of aromatic amines is 2. The predicted molar refractivity (Wildman–Crippen MR) is 102 cm³/mol. The van der Waals surface area contributed by atoms with Gasteiger partial charge in [0.25, 0.3) is 5.56 Å². The number of nitrogens with zero attached hydrogens (tertiary/aromatic N) is 6. The van der Waals surface area contributed by atoms with Gasteiger partial charge >= 0.3 is 0 Å². The average molecular weight is 362 g/mol. The number of H-pyrrole nitrogens is 2. The minimum absolute atomic E-state index is 0.0862. The maximum absolute atomic E-state index is 12.2. The van der Waals surface area contributed by atoms with E-state index in [1.165, 1.54) is 0 Å². The van der Waals surface area contributed by atoms with Crippen LogP contribution < -0.4 is 10.5 Å². The van der Waals surface area contributed by atoms with Crippen LogP contribution in [0.15, 0.2) is 41.7 Å². The number of aromatic nitrogens is 6. The molecule has 0 unspecified atom stereocenters. The summed E-state index contributed by atoms with van der Waals surface area (Å²) in [5, 5.41) is 0.624.